The highest BCUT2D eigenvalue weighted by atomic mass is 35.5. The van der Waals surface area contributed by atoms with Gasteiger partial charge in [-0.2, -0.15) is 0 Å². The molecule has 2 rings (SSSR count). The molecule has 0 spiro atoms. The monoisotopic (exact) mass is 303 g/mol. The molecule has 1 unspecified atom stereocenters. The number of benzene rings is 2. The number of hydrogen-bond donors (Lipinski definition) is 1. The van der Waals surface area contributed by atoms with E-state index in [-0.39, 0.29) is 12.1 Å². The van der Waals surface area contributed by atoms with Gasteiger partial charge < -0.3 is 10.1 Å². The first kappa shape index (κ1) is 15.9. The Labute approximate surface area is 132 Å². The van der Waals surface area contributed by atoms with Crippen LogP contribution in [0.1, 0.15) is 31.0 Å². The third-order valence-electron chi connectivity index (χ3n) is 3.33. The Kier molecular flexibility index (Phi) is 5.66. The molecule has 0 aliphatic heterocycles. The highest BCUT2D eigenvalue weighted by Gasteiger charge is 2.15. The summed E-state index contributed by atoms with van der Waals surface area (Å²) in [7, 11) is 1.97. The molecule has 3 heteroatoms. The minimum atomic E-state index is 0.162. The van der Waals surface area contributed by atoms with E-state index in [9.17, 15) is 0 Å². The number of ether oxygens (including phenoxy) is 1. The van der Waals surface area contributed by atoms with Crippen molar-refractivity contribution < 1.29 is 4.74 Å². The van der Waals surface area contributed by atoms with Crippen molar-refractivity contribution in [3.8, 4) is 5.75 Å². The zero-order valence-electron chi connectivity index (χ0n) is 12.8. The molecule has 0 saturated heterocycles. The first-order chi connectivity index (χ1) is 10.1. The van der Waals surface area contributed by atoms with Crippen LogP contribution in [0, 0.1) is 0 Å². The highest BCUT2D eigenvalue weighted by molar-refractivity contribution is 6.30. The van der Waals surface area contributed by atoms with Gasteiger partial charge in [-0.1, -0.05) is 41.9 Å². The van der Waals surface area contributed by atoms with Crippen LogP contribution in [-0.4, -0.2) is 13.2 Å². The van der Waals surface area contributed by atoms with Gasteiger partial charge in [0.1, 0.15) is 5.75 Å². The van der Waals surface area contributed by atoms with Crippen LogP contribution in [-0.2, 0) is 6.42 Å². The molecule has 0 aromatic heterocycles. The number of halogens is 1. The van der Waals surface area contributed by atoms with Crippen LogP contribution in [0.25, 0.3) is 0 Å². The van der Waals surface area contributed by atoms with Gasteiger partial charge in [0.25, 0.3) is 0 Å². The van der Waals surface area contributed by atoms with Gasteiger partial charge in [0, 0.05) is 16.6 Å². The Bertz CT molecular complexity index is 583. The van der Waals surface area contributed by atoms with E-state index in [0.717, 1.165) is 17.2 Å². The average molecular weight is 304 g/mol. The van der Waals surface area contributed by atoms with E-state index in [0.29, 0.717) is 0 Å². The van der Waals surface area contributed by atoms with E-state index >= 15 is 0 Å². The summed E-state index contributed by atoms with van der Waals surface area (Å²) in [6.07, 6.45) is 1.03. The average Bonchev–Trinajstić information content (AvgIpc) is 2.45. The van der Waals surface area contributed by atoms with Crippen molar-refractivity contribution in [3.05, 3.63) is 64.7 Å². The van der Waals surface area contributed by atoms with Crippen molar-refractivity contribution in [1.29, 1.82) is 0 Å². The van der Waals surface area contributed by atoms with Crippen LogP contribution in [0.2, 0.25) is 5.02 Å². The predicted octanol–water partition coefficient (Wildman–Crippen LogP) is 4.63. The molecule has 112 valence electrons. The Morgan fingerprint density at radius 3 is 2.52 bits per heavy atom. The number of rotatable bonds is 6. The van der Waals surface area contributed by atoms with Crippen LogP contribution in [0.4, 0.5) is 0 Å². The third kappa shape index (κ3) is 4.48. The van der Waals surface area contributed by atoms with Gasteiger partial charge in [0.05, 0.1) is 6.10 Å². The van der Waals surface area contributed by atoms with Gasteiger partial charge >= 0.3 is 0 Å². The molecule has 0 radical (unpaired) electrons. The molecule has 1 atom stereocenters. The maximum absolute atomic E-state index is 6.07. The normalized spacial score (nSPS) is 12.4. The summed E-state index contributed by atoms with van der Waals surface area (Å²) in [6, 6.07) is 16.4. The predicted molar refractivity (Wildman–Crippen MR) is 89.2 cm³/mol. The summed E-state index contributed by atoms with van der Waals surface area (Å²) in [5.74, 6) is 0.939. The summed E-state index contributed by atoms with van der Waals surface area (Å²) in [6.45, 7) is 4.09. The summed E-state index contributed by atoms with van der Waals surface area (Å²) >= 11 is 6.07. The minimum Gasteiger partial charge on any atom is -0.491 e. The van der Waals surface area contributed by atoms with Gasteiger partial charge in [-0.3, -0.25) is 0 Å². The van der Waals surface area contributed by atoms with Crippen molar-refractivity contribution in [2.24, 2.45) is 0 Å². The molecular formula is C18H22ClNO. The third-order valence-corrected chi connectivity index (χ3v) is 3.57. The second kappa shape index (κ2) is 7.48. The standard InChI is InChI=1S/C18H22ClNO/c1-13(2)21-18-10-5-4-9-16(18)17(20-3)12-14-7-6-8-15(19)11-14/h4-11,13,17,20H,12H2,1-3H3. The second-order valence-corrected chi connectivity index (χ2v) is 5.82. The van der Waals surface area contributed by atoms with Crippen molar-refractivity contribution >= 4 is 11.6 Å². The molecule has 2 nitrogen and oxygen atoms in total. The van der Waals surface area contributed by atoms with Crippen molar-refractivity contribution in [3.63, 3.8) is 0 Å². The van der Waals surface area contributed by atoms with E-state index in [1.807, 2.05) is 57.3 Å². The van der Waals surface area contributed by atoms with Crippen LogP contribution < -0.4 is 10.1 Å². The molecule has 0 saturated carbocycles. The van der Waals surface area contributed by atoms with E-state index in [2.05, 4.69) is 17.4 Å². The van der Waals surface area contributed by atoms with Gasteiger partial charge in [-0.05, 0) is 51.1 Å². The molecule has 2 aromatic rings. The molecule has 0 heterocycles. The van der Waals surface area contributed by atoms with Crippen LogP contribution in [0.15, 0.2) is 48.5 Å². The first-order valence-corrected chi connectivity index (χ1v) is 7.65. The summed E-state index contributed by atoms with van der Waals surface area (Å²) in [5, 5.41) is 4.15. The molecule has 21 heavy (non-hydrogen) atoms. The van der Waals surface area contributed by atoms with Gasteiger partial charge in [0.2, 0.25) is 0 Å². The minimum absolute atomic E-state index is 0.162. The van der Waals surface area contributed by atoms with Crippen LogP contribution >= 0.6 is 11.6 Å². The number of hydrogen-bond acceptors (Lipinski definition) is 2. The van der Waals surface area contributed by atoms with Crippen molar-refractivity contribution in [2.75, 3.05) is 7.05 Å². The van der Waals surface area contributed by atoms with Gasteiger partial charge in [-0.25, -0.2) is 0 Å². The fourth-order valence-corrected chi connectivity index (χ4v) is 2.61. The van der Waals surface area contributed by atoms with Crippen LogP contribution in [0.5, 0.6) is 5.75 Å². The fraction of sp³-hybridized carbons (Fsp3) is 0.333. The quantitative estimate of drug-likeness (QED) is 0.840. The summed E-state index contributed by atoms with van der Waals surface area (Å²) in [5.41, 5.74) is 2.38. The zero-order valence-corrected chi connectivity index (χ0v) is 13.5. The van der Waals surface area contributed by atoms with Gasteiger partial charge in [0.15, 0.2) is 0 Å². The molecule has 0 fully saturated rings. The lowest BCUT2D eigenvalue weighted by Crippen LogP contribution is -2.20. The maximum atomic E-state index is 6.07. The Morgan fingerprint density at radius 1 is 1.10 bits per heavy atom. The van der Waals surface area contributed by atoms with Crippen molar-refractivity contribution in [1.82, 2.24) is 5.32 Å². The summed E-state index contributed by atoms with van der Waals surface area (Å²) in [4.78, 5) is 0. The number of likely N-dealkylation sites (N-methyl/N-ethyl adjacent to an activating group) is 1. The lowest BCUT2D eigenvalue weighted by molar-refractivity contribution is 0.238. The maximum Gasteiger partial charge on any atom is 0.124 e. The lowest BCUT2D eigenvalue weighted by Gasteiger charge is -2.21. The summed E-state index contributed by atoms with van der Waals surface area (Å²) < 4.78 is 5.92. The molecule has 2 aromatic carbocycles. The first-order valence-electron chi connectivity index (χ1n) is 7.27. The number of para-hydroxylation sites is 1. The molecule has 0 bridgehead atoms. The Morgan fingerprint density at radius 2 is 1.86 bits per heavy atom. The van der Waals surface area contributed by atoms with E-state index in [1.54, 1.807) is 0 Å². The molecule has 0 aliphatic carbocycles. The zero-order chi connectivity index (χ0) is 15.2. The SMILES string of the molecule is CNC(Cc1cccc(Cl)c1)c1ccccc1OC(C)C. The van der Waals surface area contributed by atoms with E-state index in [4.69, 9.17) is 16.3 Å². The number of nitrogens with one attached hydrogen (secondary N) is 1. The largest absolute Gasteiger partial charge is 0.491 e. The Hall–Kier alpha value is -1.51. The van der Waals surface area contributed by atoms with Crippen LogP contribution in [0.3, 0.4) is 0 Å². The Balaban J connectivity index is 2.25. The van der Waals surface area contributed by atoms with E-state index in [1.165, 1.54) is 11.1 Å². The van der Waals surface area contributed by atoms with Crippen molar-refractivity contribution in [2.45, 2.75) is 32.4 Å². The highest BCUT2D eigenvalue weighted by Crippen LogP contribution is 2.28. The van der Waals surface area contributed by atoms with Gasteiger partial charge in [-0.15, -0.1) is 0 Å². The topological polar surface area (TPSA) is 21.3 Å². The molecule has 1 N–H and O–H groups in total. The molecule has 0 aliphatic rings. The smallest absolute Gasteiger partial charge is 0.124 e. The molecule has 0 amide bonds. The molecular weight excluding hydrogens is 282 g/mol. The fourth-order valence-electron chi connectivity index (χ4n) is 2.40. The lowest BCUT2D eigenvalue weighted by atomic mass is 9.98. The van der Waals surface area contributed by atoms with E-state index < -0.39 is 0 Å². The second-order valence-electron chi connectivity index (χ2n) is 5.38.